The maximum Gasteiger partial charge on any atom is 0.252 e. The van der Waals surface area contributed by atoms with E-state index in [0.717, 1.165) is 11.0 Å². The zero-order valence-electron chi connectivity index (χ0n) is 11.8. The molecule has 0 bridgehead atoms. The molecular weight excluding hydrogens is 344 g/mol. The maximum absolute atomic E-state index is 13.4. The Labute approximate surface area is 143 Å². The average Bonchev–Trinajstić information content (AvgIpc) is 2.49. The van der Waals surface area contributed by atoms with Gasteiger partial charge in [-0.1, -0.05) is 40.9 Å². The molecule has 0 saturated carbocycles. The minimum Gasteiger partial charge on any atom is -0.351 e. The first-order valence-electron chi connectivity index (χ1n) is 6.59. The second-order valence-corrected chi connectivity index (χ2v) is 6.65. The molecule has 0 aliphatic carbocycles. The second-order valence-electron chi connectivity index (χ2n) is 4.66. The number of hydrogen-bond acceptors (Lipinski definition) is 2. The van der Waals surface area contributed by atoms with Crippen molar-refractivity contribution in [3.63, 3.8) is 0 Å². The Bertz CT molecular complexity index is 677. The summed E-state index contributed by atoms with van der Waals surface area (Å²) in [6.45, 7) is 2.49. The molecule has 0 atom stereocenters. The fraction of sp³-hybridized carbons (Fsp3) is 0.188. The van der Waals surface area contributed by atoms with Gasteiger partial charge >= 0.3 is 0 Å². The Morgan fingerprint density at radius 1 is 1.18 bits per heavy atom. The lowest BCUT2D eigenvalue weighted by molar-refractivity contribution is 0.0956. The van der Waals surface area contributed by atoms with Gasteiger partial charge in [0.05, 0.1) is 15.6 Å². The van der Waals surface area contributed by atoms with Gasteiger partial charge in [-0.25, -0.2) is 4.39 Å². The molecule has 0 saturated heterocycles. The zero-order chi connectivity index (χ0) is 16.1. The fourth-order valence-corrected chi connectivity index (χ4v) is 3.00. The highest BCUT2D eigenvalue weighted by molar-refractivity contribution is 7.99. The summed E-state index contributed by atoms with van der Waals surface area (Å²) in [5.41, 5.74) is 1.29. The Balaban J connectivity index is 1.85. The third-order valence-electron chi connectivity index (χ3n) is 2.93. The van der Waals surface area contributed by atoms with Gasteiger partial charge in [-0.2, -0.15) is 0 Å². The number of carbonyl (C=O) groups excluding carboxylic acids is 1. The summed E-state index contributed by atoms with van der Waals surface area (Å²) in [6, 6.07) is 10.4. The van der Waals surface area contributed by atoms with Crippen LogP contribution in [0.3, 0.4) is 0 Å². The maximum atomic E-state index is 13.4. The van der Waals surface area contributed by atoms with Gasteiger partial charge in [0.25, 0.3) is 5.91 Å². The molecule has 6 heteroatoms. The van der Waals surface area contributed by atoms with Gasteiger partial charge in [0.15, 0.2) is 0 Å². The Kier molecular flexibility index (Phi) is 6.12. The van der Waals surface area contributed by atoms with Gasteiger partial charge in [-0.15, -0.1) is 11.8 Å². The van der Waals surface area contributed by atoms with E-state index in [9.17, 15) is 9.18 Å². The van der Waals surface area contributed by atoms with E-state index in [2.05, 4.69) is 5.32 Å². The standard InChI is InChI=1S/C16H14Cl2FNOS/c1-10-2-4-11(5-3-10)22-7-6-20-16(21)12-8-15(19)14(18)9-13(12)17/h2-5,8-9H,6-7H2,1H3,(H,20,21). The van der Waals surface area contributed by atoms with Crippen molar-refractivity contribution in [1.82, 2.24) is 5.32 Å². The molecule has 2 aromatic rings. The van der Waals surface area contributed by atoms with Gasteiger partial charge in [0.2, 0.25) is 0 Å². The van der Waals surface area contributed by atoms with Crippen LogP contribution in [0.5, 0.6) is 0 Å². The molecule has 0 aromatic heterocycles. The van der Waals surface area contributed by atoms with E-state index in [-0.39, 0.29) is 15.6 Å². The van der Waals surface area contributed by atoms with Crippen molar-refractivity contribution in [1.29, 1.82) is 0 Å². The molecule has 1 N–H and O–H groups in total. The first-order chi connectivity index (χ1) is 10.5. The average molecular weight is 358 g/mol. The number of hydrogen-bond donors (Lipinski definition) is 1. The zero-order valence-corrected chi connectivity index (χ0v) is 14.2. The van der Waals surface area contributed by atoms with E-state index in [0.29, 0.717) is 12.3 Å². The van der Waals surface area contributed by atoms with Crippen LogP contribution >= 0.6 is 35.0 Å². The van der Waals surface area contributed by atoms with Gasteiger partial charge in [-0.3, -0.25) is 4.79 Å². The summed E-state index contributed by atoms with van der Waals surface area (Å²) < 4.78 is 13.4. The lowest BCUT2D eigenvalue weighted by Gasteiger charge is -2.08. The molecule has 2 aromatic carbocycles. The summed E-state index contributed by atoms with van der Waals surface area (Å²) in [6.07, 6.45) is 0. The van der Waals surface area contributed by atoms with Crippen molar-refractivity contribution in [3.8, 4) is 0 Å². The van der Waals surface area contributed by atoms with E-state index >= 15 is 0 Å². The summed E-state index contributed by atoms with van der Waals surface area (Å²) in [4.78, 5) is 13.1. The third-order valence-corrected chi connectivity index (χ3v) is 4.55. The summed E-state index contributed by atoms with van der Waals surface area (Å²) in [7, 11) is 0. The molecule has 22 heavy (non-hydrogen) atoms. The molecule has 0 spiro atoms. The van der Waals surface area contributed by atoms with Crippen LogP contribution in [0.25, 0.3) is 0 Å². The number of benzene rings is 2. The van der Waals surface area contributed by atoms with Crippen molar-refractivity contribution in [3.05, 3.63) is 63.4 Å². The SMILES string of the molecule is Cc1ccc(SCCNC(=O)c2cc(F)c(Cl)cc2Cl)cc1. The molecule has 116 valence electrons. The number of aryl methyl sites for hydroxylation is 1. The molecule has 0 radical (unpaired) electrons. The summed E-state index contributed by atoms with van der Waals surface area (Å²) >= 11 is 13.1. The van der Waals surface area contributed by atoms with Gasteiger partial charge in [0.1, 0.15) is 5.82 Å². The highest BCUT2D eigenvalue weighted by Gasteiger charge is 2.13. The van der Waals surface area contributed by atoms with Crippen LogP contribution in [0, 0.1) is 12.7 Å². The van der Waals surface area contributed by atoms with Crippen LogP contribution in [0.2, 0.25) is 10.0 Å². The molecule has 0 fully saturated rings. The van der Waals surface area contributed by atoms with E-state index in [1.165, 1.54) is 11.6 Å². The summed E-state index contributed by atoms with van der Waals surface area (Å²) in [5.74, 6) is -0.363. The largest absolute Gasteiger partial charge is 0.351 e. The molecule has 0 aliphatic rings. The minimum atomic E-state index is -0.662. The minimum absolute atomic E-state index is 0.0869. The number of halogens is 3. The second kappa shape index (κ2) is 7.86. The van der Waals surface area contributed by atoms with Crippen LogP contribution in [-0.2, 0) is 0 Å². The van der Waals surface area contributed by atoms with Crippen molar-refractivity contribution >= 4 is 40.9 Å². The first kappa shape index (κ1) is 17.1. The molecule has 0 aliphatic heterocycles. The molecule has 2 nitrogen and oxygen atoms in total. The number of amides is 1. The summed E-state index contributed by atoms with van der Waals surface area (Å²) in [5, 5.41) is 2.75. The number of thioether (sulfide) groups is 1. The smallest absolute Gasteiger partial charge is 0.252 e. The molecule has 1 amide bonds. The predicted octanol–water partition coefficient (Wildman–Crippen LogP) is 4.96. The molecule has 0 heterocycles. The van der Waals surface area contributed by atoms with E-state index in [1.54, 1.807) is 11.8 Å². The predicted molar refractivity (Wildman–Crippen MR) is 90.7 cm³/mol. The highest BCUT2D eigenvalue weighted by atomic mass is 35.5. The third kappa shape index (κ3) is 4.63. The van der Waals surface area contributed by atoms with E-state index in [1.807, 2.05) is 31.2 Å². The first-order valence-corrected chi connectivity index (χ1v) is 8.34. The van der Waals surface area contributed by atoms with Crippen molar-refractivity contribution < 1.29 is 9.18 Å². The Morgan fingerprint density at radius 3 is 2.55 bits per heavy atom. The lowest BCUT2D eigenvalue weighted by Crippen LogP contribution is -2.26. The normalized spacial score (nSPS) is 10.5. The number of nitrogens with one attached hydrogen (secondary N) is 1. The van der Waals surface area contributed by atoms with Crippen molar-refractivity contribution in [2.24, 2.45) is 0 Å². The van der Waals surface area contributed by atoms with E-state index in [4.69, 9.17) is 23.2 Å². The topological polar surface area (TPSA) is 29.1 Å². The molecular formula is C16H14Cl2FNOS. The Hall–Kier alpha value is -1.23. The van der Waals surface area contributed by atoms with Crippen LogP contribution in [0.4, 0.5) is 4.39 Å². The quantitative estimate of drug-likeness (QED) is 0.465. The molecule has 2 rings (SSSR count). The van der Waals surface area contributed by atoms with Crippen LogP contribution in [0.1, 0.15) is 15.9 Å². The monoisotopic (exact) mass is 357 g/mol. The van der Waals surface area contributed by atoms with Crippen LogP contribution in [-0.4, -0.2) is 18.2 Å². The molecule has 0 unspecified atom stereocenters. The number of carbonyl (C=O) groups is 1. The Morgan fingerprint density at radius 2 is 1.86 bits per heavy atom. The number of rotatable bonds is 5. The van der Waals surface area contributed by atoms with Crippen LogP contribution in [0.15, 0.2) is 41.3 Å². The van der Waals surface area contributed by atoms with Gasteiger partial charge in [-0.05, 0) is 31.2 Å². The lowest BCUT2D eigenvalue weighted by atomic mass is 10.2. The fourth-order valence-electron chi connectivity index (χ4n) is 1.76. The van der Waals surface area contributed by atoms with Gasteiger partial charge in [0, 0.05) is 17.2 Å². The van der Waals surface area contributed by atoms with Crippen molar-refractivity contribution in [2.75, 3.05) is 12.3 Å². The highest BCUT2D eigenvalue weighted by Crippen LogP contribution is 2.24. The van der Waals surface area contributed by atoms with E-state index < -0.39 is 11.7 Å². The van der Waals surface area contributed by atoms with Crippen LogP contribution < -0.4 is 5.32 Å². The van der Waals surface area contributed by atoms with Crippen molar-refractivity contribution in [2.45, 2.75) is 11.8 Å². The van der Waals surface area contributed by atoms with Gasteiger partial charge < -0.3 is 5.32 Å².